The fourth-order valence-corrected chi connectivity index (χ4v) is 9.00. The van der Waals surface area contributed by atoms with Gasteiger partial charge in [-0.05, 0) is 92.3 Å². The predicted octanol–water partition coefficient (Wildman–Crippen LogP) is 4.75. The van der Waals surface area contributed by atoms with E-state index in [0.717, 1.165) is 38.5 Å². The number of rotatable bonds is 4. The molecule has 0 bridgehead atoms. The Kier molecular flexibility index (Phi) is 6.22. The lowest BCUT2D eigenvalue weighted by Gasteiger charge is -2.62. The lowest BCUT2D eigenvalue weighted by atomic mass is 9.43. The number of fused-ring (bicyclic) bond motifs is 5. The Labute approximate surface area is 187 Å². The van der Waals surface area contributed by atoms with Gasteiger partial charge in [-0.3, -0.25) is 9.59 Å². The number of ether oxygens (including phenoxy) is 2. The smallest absolute Gasteiger partial charge is 0.305 e. The van der Waals surface area contributed by atoms with Gasteiger partial charge in [-0.1, -0.05) is 20.8 Å². The molecule has 0 unspecified atom stereocenters. The number of carbonyl (C=O) groups excluding carboxylic acids is 2. The number of hydrogen-bond donors (Lipinski definition) is 1. The summed E-state index contributed by atoms with van der Waals surface area (Å²) in [5.74, 6) is 2.56. The average Bonchev–Trinajstić information content (AvgIpc) is 3.07. The summed E-state index contributed by atoms with van der Waals surface area (Å²) < 4.78 is 11.1. The molecule has 5 nitrogen and oxygen atoms in total. The van der Waals surface area contributed by atoms with Crippen LogP contribution in [-0.2, 0) is 19.1 Å². The summed E-state index contributed by atoms with van der Waals surface area (Å²) in [6.07, 6.45) is 8.73. The van der Waals surface area contributed by atoms with Gasteiger partial charge < -0.3 is 14.6 Å². The lowest BCUT2D eigenvalue weighted by molar-refractivity contribution is -0.196. The van der Waals surface area contributed by atoms with Crippen LogP contribution in [-0.4, -0.2) is 36.4 Å². The van der Waals surface area contributed by atoms with Crippen molar-refractivity contribution in [3.05, 3.63) is 0 Å². The van der Waals surface area contributed by atoms with Gasteiger partial charge in [-0.2, -0.15) is 0 Å². The molecule has 5 heteroatoms. The fourth-order valence-electron chi connectivity index (χ4n) is 9.00. The van der Waals surface area contributed by atoms with Gasteiger partial charge in [0.25, 0.3) is 0 Å². The molecule has 0 aliphatic heterocycles. The van der Waals surface area contributed by atoms with Crippen molar-refractivity contribution in [3.63, 3.8) is 0 Å². The van der Waals surface area contributed by atoms with Crippen LogP contribution < -0.4 is 0 Å². The van der Waals surface area contributed by atoms with E-state index in [1.54, 1.807) is 0 Å². The van der Waals surface area contributed by atoms with Crippen molar-refractivity contribution in [3.8, 4) is 0 Å². The first-order valence-electron chi connectivity index (χ1n) is 12.5. The molecular weight excluding hydrogens is 392 g/mol. The Morgan fingerprint density at radius 1 is 1.06 bits per heavy atom. The summed E-state index contributed by atoms with van der Waals surface area (Å²) in [6, 6.07) is 0. The van der Waals surface area contributed by atoms with Crippen molar-refractivity contribution >= 4 is 11.9 Å². The molecule has 0 aromatic heterocycles. The summed E-state index contributed by atoms with van der Waals surface area (Å²) in [5, 5.41) is 10.3. The van der Waals surface area contributed by atoms with Gasteiger partial charge >= 0.3 is 11.9 Å². The minimum Gasteiger partial charge on any atom is -0.469 e. The highest BCUT2D eigenvalue weighted by Crippen LogP contribution is 2.68. The van der Waals surface area contributed by atoms with Crippen molar-refractivity contribution in [1.82, 2.24) is 0 Å². The van der Waals surface area contributed by atoms with Crippen LogP contribution in [0.25, 0.3) is 0 Å². The van der Waals surface area contributed by atoms with Crippen LogP contribution in [0.2, 0.25) is 0 Å². The Morgan fingerprint density at radius 3 is 2.48 bits per heavy atom. The molecule has 0 amide bonds. The van der Waals surface area contributed by atoms with E-state index in [1.165, 1.54) is 26.9 Å². The molecule has 4 rings (SSSR count). The third kappa shape index (κ3) is 3.73. The monoisotopic (exact) mass is 434 g/mol. The summed E-state index contributed by atoms with van der Waals surface area (Å²) >= 11 is 0. The van der Waals surface area contributed by atoms with E-state index >= 15 is 0 Å². The van der Waals surface area contributed by atoms with Gasteiger partial charge in [-0.15, -0.1) is 0 Å². The predicted molar refractivity (Wildman–Crippen MR) is 118 cm³/mol. The van der Waals surface area contributed by atoms with Crippen LogP contribution in [0, 0.1) is 46.3 Å². The van der Waals surface area contributed by atoms with Gasteiger partial charge in [0, 0.05) is 18.8 Å². The summed E-state index contributed by atoms with van der Waals surface area (Å²) in [5.41, 5.74) is 0.148. The van der Waals surface area contributed by atoms with Gasteiger partial charge in [0.1, 0.15) is 6.10 Å². The third-order valence-electron chi connectivity index (χ3n) is 10.5. The topological polar surface area (TPSA) is 72.8 Å². The lowest BCUT2D eigenvalue weighted by Crippen LogP contribution is -2.59. The van der Waals surface area contributed by atoms with Gasteiger partial charge in [0.2, 0.25) is 0 Å². The van der Waals surface area contributed by atoms with Gasteiger partial charge in [0.05, 0.1) is 13.2 Å². The second kappa shape index (κ2) is 8.35. The van der Waals surface area contributed by atoms with E-state index in [1.807, 2.05) is 0 Å². The first kappa shape index (κ1) is 23.1. The fraction of sp³-hybridized carbons (Fsp3) is 0.923. The van der Waals surface area contributed by atoms with Gasteiger partial charge in [-0.25, -0.2) is 0 Å². The molecule has 10 atom stereocenters. The summed E-state index contributed by atoms with van der Waals surface area (Å²) in [6.45, 7) is 8.52. The number of esters is 2. The minimum atomic E-state index is -0.189. The number of methoxy groups -OCH3 is 1. The number of carbonyl (C=O) groups is 2. The van der Waals surface area contributed by atoms with Crippen molar-refractivity contribution in [2.24, 2.45) is 46.3 Å². The quantitative estimate of drug-likeness (QED) is 0.647. The Balaban J connectivity index is 1.66. The molecule has 4 saturated carbocycles. The molecule has 0 radical (unpaired) electrons. The van der Waals surface area contributed by atoms with Crippen LogP contribution in [0.1, 0.15) is 85.5 Å². The Hall–Kier alpha value is -1.10. The highest BCUT2D eigenvalue weighted by atomic mass is 16.5. The molecule has 0 aromatic carbocycles. The normalized spacial score (nSPS) is 47.5. The number of aliphatic hydroxyl groups excluding tert-OH is 1. The number of aliphatic hydroxyl groups is 1. The molecule has 4 aliphatic carbocycles. The molecule has 0 saturated heterocycles. The Morgan fingerprint density at radius 2 is 1.81 bits per heavy atom. The standard InChI is InChI=1S/C26H42O5/c1-15(12-24(29)30-5)20-8-9-21-19-7-6-17-13-18(28)10-11-25(17,3)22(19)14-23(26(20,21)4)31-16(2)27/h15,17-23,28H,6-14H2,1-5H3/t15-,17-,18+,19-,20-,21+,22+,23-,25-,26-/m0/s1. The second-order valence-electron chi connectivity index (χ2n) is 11.7. The van der Waals surface area contributed by atoms with E-state index in [2.05, 4.69) is 20.8 Å². The first-order chi connectivity index (χ1) is 14.6. The first-order valence-corrected chi connectivity index (χ1v) is 12.5. The van der Waals surface area contributed by atoms with E-state index in [4.69, 9.17) is 9.47 Å². The maximum atomic E-state index is 12.2. The van der Waals surface area contributed by atoms with E-state index in [9.17, 15) is 14.7 Å². The molecule has 176 valence electrons. The van der Waals surface area contributed by atoms with E-state index in [0.29, 0.717) is 36.0 Å². The van der Waals surface area contributed by atoms with Crippen LogP contribution >= 0.6 is 0 Å². The van der Waals surface area contributed by atoms with Crippen LogP contribution in [0.4, 0.5) is 0 Å². The van der Waals surface area contributed by atoms with E-state index < -0.39 is 0 Å². The van der Waals surface area contributed by atoms with Crippen LogP contribution in [0.3, 0.4) is 0 Å². The molecule has 0 aromatic rings. The van der Waals surface area contributed by atoms with E-state index in [-0.39, 0.29) is 40.9 Å². The highest BCUT2D eigenvalue weighted by Gasteiger charge is 2.65. The molecule has 0 heterocycles. The SMILES string of the molecule is COC(=O)C[C@H](C)[C@@H]1CC[C@@H]2[C@@H]3CC[C@H]4C[C@H](O)CC[C@]4(C)[C@@H]3C[C@H](OC(C)=O)[C@]21C. The van der Waals surface area contributed by atoms with Crippen LogP contribution in [0.15, 0.2) is 0 Å². The molecule has 1 N–H and O–H groups in total. The minimum absolute atomic E-state index is 0.0857. The third-order valence-corrected chi connectivity index (χ3v) is 10.5. The zero-order valence-electron chi connectivity index (χ0n) is 20.1. The highest BCUT2D eigenvalue weighted by molar-refractivity contribution is 5.69. The molecule has 0 spiro atoms. The molecule has 4 fully saturated rings. The van der Waals surface area contributed by atoms with Crippen molar-refractivity contribution < 1.29 is 24.2 Å². The average molecular weight is 435 g/mol. The maximum Gasteiger partial charge on any atom is 0.305 e. The van der Waals surface area contributed by atoms with Crippen molar-refractivity contribution in [2.45, 2.75) is 97.7 Å². The largest absolute Gasteiger partial charge is 0.469 e. The second-order valence-corrected chi connectivity index (χ2v) is 11.7. The zero-order chi connectivity index (χ0) is 22.6. The molecular formula is C26H42O5. The van der Waals surface area contributed by atoms with Crippen LogP contribution in [0.5, 0.6) is 0 Å². The molecule has 31 heavy (non-hydrogen) atoms. The molecule has 4 aliphatic rings. The van der Waals surface area contributed by atoms with Gasteiger partial charge in [0.15, 0.2) is 0 Å². The Bertz CT molecular complexity index is 706. The van der Waals surface area contributed by atoms with Crippen molar-refractivity contribution in [2.75, 3.05) is 7.11 Å². The summed E-state index contributed by atoms with van der Waals surface area (Å²) in [4.78, 5) is 24.2. The summed E-state index contributed by atoms with van der Waals surface area (Å²) in [7, 11) is 1.46. The number of hydrogen-bond acceptors (Lipinski definition) is 5. The zero-order valence-corrected chi connectivity index (χ0v) is 20.1. The van der Waals surface area contributed by atoms with Crippen molar-refractivity contribution in [1.29, 1.82) is 0 Å². The maximum absolute atomic E-state index is 12.2.